The number of nitrogens with one attached hydrogen (secondary N) is 1. The molecule has 2 heterocycles. The lowest BCUT2D eigenvalue weighted by molar-refractivity contribution is 0.411. The van der Waals surface area contributed by atoms with E-state index in [2.05, 4.69) is 4.98 Å². The van der Waals surface area contributed by atoms with Crippen molar-refractivity contribution in [2.24, 2.45) is 0 Å². The molecule has 0 bridgehead atoms. The van der Waals surface area contributed by atoms with Crippen LogP contribution in [-0.2, 0) is 0 Å². The molecule has 2 N–H and O–H groups in total. The Hall–Kier alpha value is -3.13. The van der Waals surface area contributed by atoms with E-state index >= 15 is 0 Å². The summed E-state index contributed by atoms with van der Waals surface area (Å²) in [7, 11) is 0. The van der Waals surface area contributed by atoms with Crippen LogP contribution in [0.4, 0.5) is 18.9 Å². The van der Waals surface area contributed by atoms with E-state index in [1.54, 1.807) is 17.5 Å². The molecule has 4 rings (SSSR count). The molecule has 0 radical (unpaired) electrons. The van der Waals surface area contributed by atoms with Gasteiger partial charge in [-0.2, -0.15) is 0 Å². The number of aromatic nitrogens is 1. The summed E-state index contributed by atoms with van der Waals surface area (Å²) < 4.78 is 40.6. The van der Waals surface area contributed by atoms with Crippen molar-refractivity contribution in [3.8, 4) is 11.3 Å². The van der Waals surface area contributed by atoms with Crippen molar-refractivity contribution >= 4 is 28.4 Å². The number of anilines is 1. The third kappa shape index (κ3) is 3.08. The van der Waals surface area contributed by atoms with Crippen LogP contribution in [0.3, 0.4) is 0 Å². The normalized spacial score (nSPS) is 14.3. The molecule has 1 aromatic heterocycles. The van der Waals surface area contributed by atoms with Crippen LogP contribution in [0.15, 0.2) is 53.6 Å². The maximum atomic E-state index is 14.1. The zero-order valence-electron chi connectivity index (χ0n) is 13.7. The maximum Gasteiger partial charge on any atom is 0.147 e. The number of benzene rings is 2. The molecule has 0 unspecified atom stereocenters. The van der Waals surface area contributed by atoms with Crippen molar-refractivity contribution in [1.29, 1.82) is 5.41 Å². The second kappa shape index (κ2) is 6.55. The lowest BCUT2D eigenvalue weighted by Crippen LogP contribution is -2.27. The van der Waals surface area contributed by atoms with Gasteiger partial charge in [0.2, 0.25) is 0 Å². The number of amidine groups is 1. The smallest absolute Gasteiger partial charge is 0.147 e. The Morgan fingerprint density at radius 1 is 1.04 bits per heavy atom. The fourth-order valence-electron chi connectivity index (χ4n) is 2.84. The molecule has 8 heteroatoms. The van der Waals surface area contributed by atoms with Gasteiger partial charge in [0.25, 0.3) is 0 Å². The summed E-state index contributed by atoms with van der Waals surface area (Å²) >= 11 is 1.20. The maximum absolute atomic E-state index is 14.1. The summed E-state index contributed by atoms with van der Waals surface area (Å²) in [5, 5.41) is 20.7. The summed E-state index contributed by atoms with van der Waals surface area (Å²) in [6, 6.07) is 8.74. The topological polar surface area (TPSA) is 60.2 Å². The van der Waals surface area contributed by atoms with Crippen LogP contribution >= 0.6 is 11.3 Å². The van der Waals surface area contributed by atoms with Gasteiger partial charge in [0.15, 0.2) is 0 Å². The first-order valence-corrected chi connectivity index (χ1v) is 8.77. The third-order valence-electron chi connectivity index (χ3n) is 4.16. The largest absolute Gasteiger partial charge is 0.510 e. The molecule has 0 fully saturated rings. The van der Waals surface area contributed by atoms with E-state index in [1.807, 2.05) is 0 Å². The predicted octanol–water partition coefficient (Wildman–Crippen LogP) is 4.99. The van der Waals surface area contributed by atoms with Gasteiger partial charge < -0.3 is 10.0 Å². The van der Waals surface area contributed by atoms with E-state index in [1.165, 1.54) is 28.4 Å². The van der Waals surface area contributed by atoms with Gasteiger partial charge in [-0.1, -0.05) is 0 Å². The van der Waals surface area contributed by atoms with Gasteiger partial charge in [-0.25, -0.2) is 18.2 Å². The summed E-state index contributed by atoms with van der Waals surface area (Å²) in [5.74, 6) is -2.01. The van der Waals surface area contributed by atoms with Crippen molar-refractivity contribution in [3.05, 3.63) is 76.1 Å². The lowest BCUT2D eigenvalue weighted by atomic mass is 10.2. The Kier molecular flexibility index (Phi) is 4.19. The average molecular weight is 387 g/mol. The average Bonchev–Trinajstić information content (AvgIpc) is 3.22. The minimum absolute atomic E-state index is 0.128. The Labute approximate surface area is 156 Å². The summed E-state index contributed by atoms with van der Waals surface area (Å²) in [5.41, 5.74) is 1.30. The van der Waals surface area contributed by atoms with E-state index in [0.29, 0.717) is 16.3 Å². The number of aliphatic hydroxyl groups excluding tert-OH is 1. The number of hydrogen-bond donors (Lipinski definition) is 2. The number of nitrogens with zero attached hydrogens (tertiary/aromatic N) is 2. The van der Waals surface area contributed by atoms with Crippen molar-refractivity contribution in [2.45, 2.75) is 0 Å². The van der Waals surface area contributed by atoms with Crippen LogP contribution < -0.4 is 4.90 Å². The van der Waals surface area contributed by atoms with Crippen molar-refractivity contribution in [2.75, 3.05) is 11.4 Å². The van der Waals surface area contributed by atoms with E-state index in [4.69, 9.17) is 5.41 Å². The van der Waals surface area contributed by atoms with Gasteiger partial charge in [0.1, 0.15) is 34.1 Å². The molecular weight excluding hydrogens is 375 g/mol. The van der Waals surface area contributed by atoms with E-state index in [9.17, 15) is 18.3 Å². The molecule has 0 aliphatic carbocycles. The van der Waals surface area contributed by atoms with Crippen LogP contribution in [0.25, 0.3) is 16.8 Å². The molecule has 1 aliphatic rings. The molecule has 0 atom stereocenters. The molecule has 0 spiro atoms. The Morgan fingerprint density at radius 2 is 1.74 bits per heavy atom. The van der Waals surface area contributed by atoms with Gasteiger partial charge in [0, 0.05) is 17.0 Å². The minimum atomic E-state index is -0.693. The van der Waals surface area contributed by atoms with E-state index in [-0.39, 0.29) is 35.2 Å². The molecule has 1 aliphatic heterocycles. The Balaban J connectivity index is 1.67. The van der Waals surface area contributed by atoms with Gasteiger partial charge in [-0.3, -0.25) is 5.41 Å². The number of hydrogen-bond acceptors (Lipinski definition) is 4. The number of aliphatic hydroxyl groups is 1. The number of halogens is 3. The third-order valence-corrected chi connectivity index (χ3v) is 5.02. The van der Waals surface area contributed by atoms with Crippen LogP contribution in [0.1, 0.15) is 5.01 Å². The van der Waals surface area contributed by atoms with Crippen LogP contribution in [0.2, 0.25) is 0 Å². The van der Waals surface area contributed by atoms with E-state index in [0.717, 1.165) is 18.2 Å². The first-order chi connectivity index (χ1) is 12.9. The summed E-state index contributed by atoms with van der Waals surface area (Å²) in [4.78, 5) is 5.59. The minimum Gasteiger partial charge on any atom is -0.510 e. The highest BCUT2D eigenvalue weighted by Crippen LogP contribution is 2.35. The molecule has 0 saturated heterocycles. The van der Waals surface area contributed by atoms with Gasteiger partial charge in [0.05, 0.1) is 23.5 Å². The molecular formula is C19H12F3N3OS. The highest BCUT2D eigenvalue weighted by Gasteiger charge is 2.32. The number of thiazole rings is 1. The summed E-state index contributed by atoms with van der Waals surface area (Å²) in [6.45, 7) is -0.153. The molecule has 3 aromatic rings. The number of rotatable bonds is 3. The van der Waals surface area contributed by atoms with Crippen LogP contribution in [-0.4, -0.2) is 22.5 Å². The second-order valence-electron chi connectivity index (χ2n) is 5.90. The molecule has 27 heavy (non-hydrogen) atoms. The molecule has 2 aromatic carbocycles. The Morgan fingerprint density at radius 3 is 2.48 bits per heavy atom. The Bertz CT molecular complexity index is 1080. The first kappa shape index (κ1) is 17.3. The fourth-order valence-corrected chi connectivity index (χ4v) is 3.74. The molecule has 136 valence electrons. The van der Waals surface area contributed by atoms with Crippen molar-refractivity contribution in [1.82, 2.24) is 4.98 Å². The zero-order chi connectivity index (χ0) is 19.1. The summed E-state index contributed by atoms with van der Waals surface area (Å²) in [6.07, 6.45) is 0. The molecule has 0 saturated carbocycles. The van der Waals surface area contributed by atoms with Crippen molar-refractivity contribution in [3.63, 3.8) is 0 Å². The van der Waals surface area contributed by atoms with Gasteiger partial charge >= 0.3 is 0 Å². The first-order valence-electron chi connectivity index (χ1n) is 7.89. The zero-order valence-corrected chi connectivity index (χ0v) is 14.5. The SMILES string of the molecule is N=C1C(c2nc(-c3ccc(F)cc3)cs2)=C(O)CN1c1cc(F)ccc1F. The van der Waals surface area contributed by atoms with Crippen LogP contribution in [0, 0.1) is 22.9 Å². The second-order valence-corrected chi connectivity index (χ2v) is 6.76. The molecule has 4 nitrogen and oxygen atoms in total. The fraction of sp³-hybridized carbons (Fsp3) is 0.0526. The quantitative estimate of drug-likeness (QED) is 0.665. The lowest BCUT2D eigenvalue weighted by Gasteiger charge is -2.19. The standard InChI is InChI=1S/C19H12F3N3OS/c20-11-3-1-10(2-4-11)14-9-27-19(24-14)17-16(26)8-25(18(17)23)15-7-12(21)5-6-13(15)22/h1-7,9,23,26H,8H2. The predicted molar refractivity (Wildman–Crippen MR) is 98.5 cm³/mol. The van der Waals surface area contributed by atoms with Gasteiger partial charge in [-0.05, 0) is 36.4 Å². The highest BCUT2D eigenvalue weighted by molar-refractivity contribution is 7.11. The molecule has 0 amide bonds. The van der Waals surface area contributed by atoms with E-state index < -0.39 is 11.6 Å². The van der Waals surface area contributed by atoms with Gasteiger partial charge in [-0.15, -0.1) is 11.3 Å². The van der Waals surface area contributed by atoms with Crippen LogP contribution in [0.5, 0.6) is 0 Å². The highest BCUT2D eigenvalue weighted by atomic mass is 32.1. The monoisotopic (exact) mass is 387 g/mol. The van der Waals surface area contributed by atoms with Crippen molar-refractivity contribution < 1.29 is 18.3 Å².